The number of rotatable bonds is 6. The van der Waals surface area contributed by atoms with Crippen LogP contribution in [0.2, 0.25) is 0 Å². The van der Waals surface area contributed by atoms with Gasteiger partial charge in [-0.3, -0.25) is 4.79 Å². The third-order valence-electron chi connectivity index (χ3n) is 3.04. The van der Waals surface area contributed by atoms with E-state index in [0.717, 1.165) is 5.56 Å². The molecule has 0 radical (unpaired) electrons. The molecule has 0 fully saturated rings. The fourth-order valence-electron chi connectivity index (χ4n) is 1.91. The average Bonchev–Trinajstić information content (AvgIpc) is 2.37. The van der Waals surface area contributed by atoms with E-state index >= 15 is 0 Å². The summed E-state index contributed by atoms with van der Waals surface area (Å²) in [7, 11) is 0. The summed E-state index contributed by atoms with van der Waals surface area (Å²) in [5.74, 6) is 0.354. The number of nitrogens with one attached hydrogen (secondary N) is 1. The standard InChI is InChI=1S/C15H24N2OS/c1-10(2)9-14(16)15(18)17-11(3)12-5-7-13(19-4)8-6-12/h5-8,10-11,14H,9,16H2,1-4H3,(H,17,18)/t11?,14-/m0/s1. The number of benzene rings is 1. The number of carbonyl (C=O) groups is 1. The number of amides is 1. The summed E-state index contributed by atoms with van der Waals surface area (Å²) >= 11 is 1.71. The van der Waals surface area contributed by atoms with Gasteiger partial charge in [0.1, 0.15) is 0 Å². The predicted molar refractivity (Wildman–Crippen MR) is 82.2 cm³/mol. The van der Waals surface area contributed by atoms with E-state index in [0.29, 0.717) is 12.3 Å². The maximum atomic E-state index is 11.9. The molecule has 4 heteroatoms. The van der Waals surface area contributed by atoms with Crippen LogP contribution in [0.25, 0.3) is 0 Å². The maximum Gasteiger partial charge on any atom is 0.237 e. The molecule has 0 aliphatic rings. The second-order valence-electron chi connectivity index (χ2n) is 5.24. The van der Waals surface area contributed by atoms with E-state index in [1.807, 2.05) is 25.3 Å². The first-order valence-electron chi connectivity index (χ1n) is 6.64. The first kappa shape index (κ1) is 16.1. The lowest BCUT2D eigenvalue weighted by atomic mass is 10.0. The largest absolute Gasteiger partial charge is 0.348 e. The second kappa shape index (κ2) is 7.56. The lowest BCUT2D eigenvalue weighted by Gasteiger charge is -2.19. The van der Waals surface area contributed by atoms with Crippen LogP contribution in [0.4, 0.5) is 0 Å². The number of hydrogen-bond acceptors (Lipinski definition) is 3. The summed E-state index contributed by atoms with van der Waals surface area (Å²) < 4.78 is 0. The Morgan fingerprint density at radius 1 is 1.26 bits per heavy atom. The molecule has 0 heterocycles. The number of thioether (sulfide) groups is 1. The quantitative estimate of drug-likeness (QED) is 0.788. The normalized spacial score (nSPS) is 14.2. The van der Waals surface area contributed by atoms with Crippen molar-refractivity contribution in [2.75, 3.05) is 6.26 Å². The zero-order chi connectivity index (χ0) is 14.4. The molecule has 0 saturated heterocycles. The number of carbonyl (C=O) groups excluding carboxylic acids is 1. The maximum absolute atomic E-state index is 11.9. The zero-order valence-corrected chi connectivity index (χ0v) is 13.0. The Morgan fingerprint density at radius 3 is 2.32 bits per heavy atom. The van der Waals surface area contributed by atoms with Crippen LogP contribution in [0.1, 0.15) is 38.8 Å². The van der Waals surface area contributed by atoms with Gasteiger partial charge in [-0.25, -0.2) is 0 Å². The van der Waals surface area contributed by atoms with Crippen molar-refractivity contribution in [3.05, 3.63) is 29.8 Å². The molecule has 1 unspecified atom stereocenters. The van der Waals surface area contributed by atoms with Crippen LogP contribution in [-0.2, 0) is 4.79 Å². The monoisotopic (exact) mass is 280 g/mol. The van der Waals surface area contributed by atoms with Crippen molar-refractivity contribution in [1.29, 1.82) is 0 Å². The lowest BCUT2D eigenvalue weighted by Crippen LogP contribution is -2.42. The minimum absolute atomic E-state index is 0.0124. The zero-order valence-electron chi connectivity index (χ0n) is 12.1. The molecule has 3 N–H and O–H groups in total. The molecular formula is C15H24N2OS. The Labute approximate surface area is 120 Å². The van der Waals surface area contributed by atoms with Gasteiger partial charge in [0.2, 0.25) is 5.91 Å². The molecule has 0 aliphatic carbocycles. The van der Waals surface area contributed by atoms with E-state index in [1.165, 1.54) is 4.90 Å². The number of hydrogen-bond donors (Lipinski definition) is 2. The molecule has 0 saturated carbocycles. The molecule has 19 heavy (non-hydrogen) atoms. The van der Waals surface area contributed by atoms with Gasteiger partial charge < -0.3 is 11.1 Å². The van der Waals surface area contributed by atoms with Gasteiger partial charge in [0.25, 0.3) is 0 Å². The van der Waals surface area contributed by atoms with Crippen LogP contribution in [0, 0.1) is 5.92 Å². The molecule has 1 amide bonds. The van der Waals surface area contributed by atoms with Crippen LogP contribution in [-0.4, -0.2) is 18.2 Å². The van der Waals surface area contributed by atoms with Crippen molar-refractivity contribution < 1.29 is 4.79 Å². The van der Waals surface area contributed by atoms with Crippen LogP contribution in [0.3, 0.4) is 0 Å². The van der Waals surface area contributed by atoms with Crippen LogP contribution in [0.5, 0.6) is 0 Å². The molecule has 0 aliphatic heterocycles. The Hall–Kier alpha value is -1.00. The smallest absolute Gasteiger partial charge is 0.237 e. The van der Waals surface area contributed by atoms with Gasteiger partial charge >= 0.3 is 0 Å². The van der Waals surface area contributed by atoms with Crippen LogP contribution >= 0.6 is 11.8 Å². The summed E-state index contributed by atoms with van der Waals surface area (Å²) in [6.07, 6.45) is 2.76. The second-order valence-corrected chi connectivity index (χ2v) is 6.12. The van der Waals surface area contributed by atoms with Gasteiger partial charge in [0.15, 0.2) is 0 Å². The van der Waals surface area contributed by atoms with Crippen LogP contribution < -0.4 is 11.1 Å². The van der Waals surface area contributed by atoms with Gasteiger partial charge in [0.05, 0.1) is 12.1 Å². The van der Waals surface area contributed by atoms with Crippen molar-refractivity contribution in [3.8, 4) is 0 Å². The Bertz CT molecular complexity index is 403. The Morgan fingerprint density at radius 2 is 1.84 bits per heavy atom. The molecule has 1 aromatic rings. The fourth-order valence-corrected chi connectivity index (χ4v) is 2.32. The lowest BCUT2D eigenvalue weighted by molar-refractivity contribution is -0.123. The Balaban J connectivity index is 2.57. The van der Waals surface area contributed by atoms with Crippen molar-refractivity contribution >= 4 is 17.7 Å². The van der Waals surface area contributed by atoms with E-state index in [-0.39, 0.29) is 11.9 Å². The molecule has 0 aromatic heterocycles. The highest BCUT2D eigenvalue weighted by molar-refractivity contribution is 7.98. The van der Waals surface area contributed by atoms with Crippen molar-refractivity contribution in [2.45, 2.75) is 44.2 Å². The van der Waals surface area contributed by atoms with Crippen molar-refractivity contribution in [3.63, 3.8) is 0 Å². The van der Waals surface area contributed by atoms with Crippen molar-refractivity contribution in [2.24, 2.45) is 11.7 Å². The molecule has 1 aromatic carbocycles. The van der Waals surface area contributed by atoms with Crippen molar-refractivity contribution in [1.82, 2.24) is 5.32 Å². The summed E-state index contributed by atoms with van der Waals surface area (Å²) in [4.78, 5) is 13.2. The molecule has 106 valence electrons. The van der Waals surface area contributed by atoms with E-state index < -0.39 is 6.04 Å². The minimum atomic E-state index is -0.423. The van der Waals surface area contributed by atoms with E-state index in [2.05, 4.69) is 31.3 Å². The van der Waals surface area contributed by atoms with E-state index in [1.54, 1.807) is 11.8 Å². The minimum Gasteiger partial charge on any atom is -0.348 e. The third-order valence-corrected chi connectivity index (χ3v) is 3.78. The molecule has 3 nitrogen and oxygen atoms in total. The summed E-state index contributed by atoms with van der Waals surface area (Å²) in [5, 5.41) is 2.97. The third kappa shape index (κ3) is 5.25. The van der Waals surface area contributed by atoms with Gasteiger partial charge in [-0.15, -0.1) is 11.8 Å². The van der Waals surface area contributed by atoms with Crippen LogP contribution in [0.15, 0.2) is 29.2 Å². The van der Waals surface area contributed by atoms with Gasteiger partial charge in [-0.05, 0) is 43.2 Å². The number of nitrogens with two attached hydrogens (primary N) is 1. The first-order chi connectivity index (χ1) is 8.93. The summed E-state index contributed by atoms with van der Waals surface area (Å²) in [6.45, 7) is 6.11. The molecular weight excluding hydrogens is 256 g/mol. The molecule has 0 spiro atoms. The SMILES string of the molecule is CSc1ccc(C(C)NC(=O)[C@@H](N)CC(C)C)cc1. The molecule has 0 bridgehead atoms. The summed E-state index contributed by atoms with van der Waals surface area (Å²) in [5.41, 5.74) is 6.97. The highest BCUT2D eigenvalue weighted by Gasteiger charge is 2.17. The Kier molecular flexibility index (Phi) is 6.38. The van der Waals surface area contributed by atoms with Gasteiger partial charge in [-0.1, -0.05) is 26.0 Å². The average molecular weight is 280 g/mol. The van der Waals surface area contributed by atoms with E-state index in [9.17, 15) is 4.79 Å². The topological polar surface area (TPSA) is 55.1 Å². The van der Waals surface area contributed by atoms with E-state index in [4.69, 9.17) is 5.73 Å². The first-order valence-corrected chi connectivity index (χ1v) is 7.86. The predicted octanol–water partition coefficient (Wildman–Crippen LogP) is 2.96. The molecule has 1 rings (SSSR count). The van der Waals surface area contributed by atoms with Gasteiger partial charge in [0, 0.05) is 4.90 Å². The fraction of sp³-hybridized carbons (Fsp3) is 0.533. The highest BCUT2D eigenvalue weighted by atomic mass is 32.2. The summed E-state index contributed by atoms with van der Waals surface area (Å²) in [6, 6.07) is 7.79. The van der Waals surface area contributed by atoms with Gasteiger partial charge in [-0.2, -0.15) is 0 Å². The highest BCUT2D eigenvalue weighted by Crippen LogP contribution is 2.19. The molecule has 2 atom stereocenters.